The second-order valence-corrected chi connectivity index (χ2v) is 4.15. The number of nitrogens with one attached hydrogen (secondary N) is 1. The van der Waals surface area contributed by atoms with Crippen molar-refractivity contribution in [3.05, 3.63) is 23.9 Å². The average Bonchev–Trinajstić information content (AvgIpc) is 2.33. The standard InChI is InChI=1S/C12H15N3O/c13-7-9-5-6-12(14-8-9)15-10-3-1-2-4-11(10)16/h5-6,8,10-11,16H,1-4H2,(H,14,15)/t10-,11-/m0/s1. The summed E-state index contributed by atoms with van der Waals surface area (Å²) in [6, 6.07) is 5.62. The molecule has 1 fully saturated rings. The first-order valence-corrected chi connectivity index (χ1v) is 5.60. The summed E-state index contributed by atoms with van der Waals surface area (Å²) in [4.78, 5) is 4.13. The monoisotopic (exact) mass is 217 g/mol. The lowest BCUT2D eigenvalue weighted by Crippen LogP contribution is -2.36. The van der Waals surface area contributed by atoms with Gasteiger partial charge in [0.15, 0.2) is 0 Å². The van der Waals surface area contributed by atoms with Crippen LogP contribution in [-0.4, -0.2) is 22.2 Å². The molecule has 84 valence electrons. The van der Waals surface area contributed by atoms with Crippen LogP contribution in [-0.2, 0) is 0 Å². The normalized spacial score (nSPS) is 24.8. The van der Waals surface area contributed by atoms with Crippen molar-refractivity contribution in [1.29, 1.82) is 5.26 Å². The molecule has 0 spiro atoms. The minimum absolute atomic E-state index is 0.0918. The van der Waals surface area contributed by atoms with Crippen LogP contribution in [0.3, 0.4) is 0 Å². The highest BCUT2D eigenvalue weighted by Crippen LogP contribution is 2.21. The van der Waals surface area contributed by atoms with Gasteiger partial charge < -0.3 is 10.4 Å². The number of anilines is 1. The Morgan fingerprint density at radius 1 is 1.38 bits per heavy atom. The molecular formula is C12H15N3O. The van der Waals surface area contributed by atoms with Gasteiger partial charge in [0, 0.05) is 6.20 Å². The number of rotatable bonds is 2. The molecule has 1 heterocycles. The van der Waals surface area contributed by atoms with Crippen molar-refractivity contribution in [2.75, 3.05) is 5.32 Å². The van der Waals surface area contributed by atoms with E-state index in [1.807, 2.05) is 6.07 Å². The smallest absolute Gasteiger partial charge is 0.126 e. The molecule has 0 unspecified atom stereocenters. The molecule has 2 rings (SSSR count). The minimum atomic E-state index is -0.286. The minimum Gasteiger partial charge on any atom is -0.391 e. The summed E-state index contributed by atoms with van der Waals surface area (Å²) >= 11 is 0. The van der Waals surface area contributed by atoms with Gasteiger partial charge in [0.2, 0.25) is 0 Å². The molecule has 2 atom stereocenters. The van der Waals surface area contributed by atoms with E-state index in [2.05, 4.69) is 10.3 Å². The zero-order valence-corrected chi connectivity index (χ0v) is 9.06. The van der Waals surface area contributed by atoms with Gasteiger partial charge in [-0.25, -0.2) is 4.98 Å². The highest BCUT2D eigenvalue weighted by Gasteiger charge is 2.22. The zero-order chi connectivity index (χ0) is 11.4. The van der Waals surface area contributed by atoms with Crippen molar-refractivity contribution < 1.29 is 5.11 Å². The first kappa shape index (κ1) is 10.9. The largest absolute Gasteiger partial charge is 0.391 e. The molecule has 16 heavy (non-hydrogen) atoms. The molecule has 1 aromatic rings. The summed E-state index contributed by atoms with van der Waals surface area (Å²) in [5, 5.41) is 21.6. The molecule has 1 aromatic heterocycles. The van der Waals surface area contributed by atoms with Crippen LogP contribution < -0.4 is 5.32 Å². The van der Waals surface area contributed by atoms with E-state index in [4.69, 9.17) is 5.26 Å². The van der Waals surface area contributed by atoms with Crippen LogP contribution in [0.2, 0.25) is 0 Å². The van der Waals surface area contributed by atoms with Crippen LogP contribution in [0.15, 0.2) is 18.3 Å². The molecule has 4 nitrogen and oxygen atoms in total. The molecule has 1 aliphatic rings. The van der Waals surface area contributed by atoms with Gasteiger partial charge in [-0.05, 0) is 25.0 Å². The molecule has 2 N–H and O–H groups in total. The SMILES string of the molecule is N#Cc1ccc(N[C@H]2CCCC[C@@H]2O)nc1. The summed E-state index contributed by atoms with van der Waals surface area (Å²) in [5.74, 6) is 0.727. The summed E-state index contributed by atoms with van der Waals surface area (Å²) in [5.41, 5.74) is 0.551. The van der Waals surface area contributed by atoms with E-state index in [0.29, 0.717) is 5.56 Å². The van der Waals surface area contributed by atoms with E-state index >= 15 is 0 Å². The second-order valence-electron chi connectivity index (χ2n) is 4.15. The summed E-state index contributed by atoms with van der Waals surface area (Å²) in [6.07, 6.45) is 5.32. The maximum Gasteiger partial charge on any atom is 0.126 e. The number of hydrogen-bond donors (Lipinski definition) is 2. The topological polar surface area (TPSA) is 68.9 Å². The number of hydrogen-bond acceptors (Lipinski definition) is 4. The van der Waals surface area contributed by atoms with E-state index in [1.54, 1.807) is 12.1 Å². The fraction of sp³-hybridized carbons (Fsp3) is 0.500. The van der Waals surface area contributed by atoms with E-state index in [9.17, 15) is 5.11 Å². The van der Waals surface area contributed by atoms with Crippen LogP contribution >= 0.6 is 0 Å². The lowest BCUT2D eigenvalue weighted by Gasteiger charge is -2.28. The predicted octanol–water partition coefficient (Wildman–Crippen LogP) is 1.67. The van der Waals surface area contributed by atoms with E-state index in [0.717, 1.165) is 31.5 Å². The number of nitriles is 1. The molecule has 0 bridgehead atoms. The number of aromatic nitrogens is 1. The lowest BCUT2D eigenvalue weighted by molar-refractivity contribution is 0.116. The third-order valence-electron chi connectivity index (χ3n) is 2.96. The summed E-state index contributed by atoms with van der Waals surface area (Å²) < 4.78 is 0. The van der Waals surface area contributed by atoms with Gasteiger partial charge in [0.05, 0.1) is 17.7 Å². The molecular weight excluding hydrogens is 202 g/mol. The molecule has 0 saturated heterocycles. The van der Waals surface area contributed by atoms with Gasteiger partial charge in [0.25, 0.3) is 0 Å². The highest BCUT2D eigenvalue weighted by atomic mass is 16.3. The van der Waals surface area contributed by atoms with Crippen molar-refractivity contribution in [1.82, 2.24) is 4.98 Å². The van der Waals surface area contributed by atoms with Gasteiger partial charge in [0.1, 0.15) is 11.9 Å². The number of aliphatic hydroxyl groups is 1. The number of pyridine rings is 1. The van der Waals surface area contributed by atoms with Crippen LogP contribution in [0.4, 0.5) is 5.82 Å². The first-order chi connectivity index (χ1) is 7.79. The molecule has 1 saturated carbocycles. The Morgan fingerprint density at radius 3 is 2.81 bits per heavy atom. The van der Waals surface area contributed by atoms with Crippen LogP contribution in [0.5, 0.6) is 0 Å². The van der Waals surface area contributed by atoms with Gasteiger partial charge in [-0.3, -0.25) is 0 Å². The van der Waals surface area contributed by atoms with Crippen LogP contribution in [0.25, 0.3) is 0 Å². The molecule has 4 heteroatoms. The fourth-order valence-electron chi connectivity index (χ4n) is 2.01. The maximum atomic E-state index is 9.79. The Kier molecular flexibility index (Phi) is 3.37. The Labute approximate surface area is 94.9 Å². The van der Waals surface area contributed by atoms with E-state index in [-0.39, 0.29) is 12.1 Å². The summed E-state index contributed by atoms with van der Waals surface area (Å²) in [6.45, 7) is 0. The van der Waals surface area contributed by atoms with Crippen LogP contribution in [0, 0.1) is 11.3 Å². The quantitative estimate of drug-likeness (QED) is 0.790. The third kappa shape index (κ3) is 2.50. The van der Waals surface area contributed by atoms with E-state index < -0.39 is 0 Å². The average molecular weight is 217 g/mol. The Balaban J connectivity index is 2.00. The Bertz CT molecular complexity index is 382. The molecule has 0 aromatic carbocycles. The van der Waals surface area contributed by atoms with Gasteiger partial charge in [-0.15, -0.1) is 0 Å². The number of aliphatic hydroxyl groups excluding tert-OH is 1. The molecule has 0 amide bonds. The summed E-state index contributed by atoms with van der Waals surface area (Å²) in [7, 11) is 0. The third-order valence-corrected chi connectivity index (χ3v) is 2.96. The molecule has 0 aliphatic heterocycles. The predicted molar refractivity (Wildman–Crippen MR) is 60.8 cm³/mol. The van der Waals surface area contributed by atoms with Gasteiger partial charge >= 0.3 is 0 Å². The van der Waals surface area contributed by atoms with Crippen molar-refractivity contribution >= 4 is 5.82 Å². The van der Waals surface area contributed by atoms with Gasteiger partial charge in [-0.1, -0.05) is 12.8 Å². The lowest BCUT2D eigenvalue weighted by atomic mass is 9.92. The van der Waals surface area contributed by atoms with Crippen molar-refractivity contribution in [2.45, 2.75) is 37.8 Å². The van der Waals surface area contributed by atoms with Crippen molar-refractivity contribution in [2.24, 2.45) is 0 Å². The molecule has 1 aliphatic carbocycles. The number of nitrogens with zero attached hydrogens (tertiary/aromatic N) is 2. The first-order valence-electron chi connectivity index (χ1n) is 5.60. The maximum absolute atomic E-state index is 9.79. The van der Waals surface area contributed by atoms with Crippen molar-refractivity contribution in [3.63, 3.8) is 0 Å². The van der Waals surface area contributed by atoms with Crippen LogP contribution in [0.1, 0.15) is 31.2 Å². The zero-order valence-electron chi connectivity index (χ0n) is 9.06. The second kappa shape index (κ2) is 4.95. The molecule has 0 radical (unpaired) electrons. The highest BCUT2D eigenvalue weighted by molar-refractivity contribution is 5.40. The Morgan fingerprint density at radius 2 is 2.19 bits per heavy atom. The fourth-order valence-corrected chi connectivity index (χ4v) is 2.01. The Hall–Kier alpha value is -1.60. The van der Waals surface area contributed by atoms with E-state index in [1.165, 1.54) is 6.20 Å². The van der Waals surface area contributed by atoms with Crippen molar-refractivity contribution in [3.8, 4) is 6.07 Å². The van der Waals surface area contributed by atoms with Gasteiger partial charge in [-0.2, -0.15) is 5.26 Å².